The molecular weight excluding hydrogens is 503 g/mol. The van der Waals surface area contributed by atoms with E-state index in [1.54, 1.807) is 31.2 Å². The van der Waals surface area contributed by atoms with Gasteiger partial charge in [-0.05, 0) is 60.9 Å². The normalized spacial score (nSPS) is 14.8. The quantitative estimate of drug-likeness (QED) is 0.322. The molecule has 4 amide bonds. The summed E-state index contributed by atoms with van der Waals surface area (Å²) < 4.78 is 11.3. The van der Waals surface area contributed by atoms with Crippen molar-refractivity contribution in [3.05, 3.63) is 92.5 Å². The summed E-state index contributed by atoms with van der Waals surface area (Å²) in [4.78, 5) is 39.4. The molecule has 7 nitrogen and oxygen atoms in total. The standard InChI is InChI=1S/C27H22Cl2N2O5/c1-15-8-9-16(2)22(10-15)31-26(33)19(25(32)30-27(31)34)11-17-12-21(29)24(23(13-17)35-3)36-14-18-6-4-5-7-20(18)28/h4-13H,14H2,1-3H3,(H,30,32,34)/b19-11+. The van der Waals surface area contributed by atoms with Crippen molar-refractivity contribution in [2.45, 2.75) is 20.5 Å². The summed E-state index contributed by atoms with van der Waals surface area (Å²) in [6, 6.07) is 15.0. The summed E-state index contributed by atoms with van der Waals surface area (Å²) in [5.74, 6) is -0.965. The summed E-state index contributed by atoms with van der Waals surface area (Å²) >= 11 is 12.7. The second-order valence-electron chi connectivity index (χ2n) is 8.16. The number of hydrogen-bond donors (Lipinski definition) is 1. The average molecular weight is 525 g/mol. The number of urea groups is 1. The molecule has 1 aliphatic heterocycles. The van der Waals surface area contributed by atoms with E-state index in [1.807, 2.05) is 31.2 Å². The van der Waals surface area contributed by atoms with Gasteiger partial charge in [0.15, 0.2) is 11.5 Å². The average Bonchev–Trinajstić information content (AvgIpc) is 2.83. The Morgan fingerprint density at radius 1 is 0.972 bits per heavy atom. The number of benzene rings is 3. The van der Waals surface area contributed by atoms with Crippen molar-refractivity contribution in [3.8, 4) is 11.5 Å². The number of methoxy groups -OCH3 is 1. The third kappa shape index (κ3) is 5.08. The molecule has 1 aliphatic rings. The highest BCUT2D eigenvalue weighted by molar-refractivity contribution is 6.39. The first kappa shape index (κ1) is 25.3. The molecule has 184 valence electrons. The predicted octanol–water partition coefficient (Wildman–Crippen LogP) is 5.86. The first-order valence-corrected chi connectivity index (χ1v) is 11.7. The van der Waals surface area contributed by atoms with Crippen molar-refractivity contribution >= 4 is 52.8 Å². The van der Waals surface area contributed by atoms with Gasteiger partial charge in [0.1, 0.15) is 12.2 Å². The number of anilines is 1. The van der Waals surface area contributed by atoms with Crippen molar-refractivity contribution in [2.75, 3.05) is 12.0 Å². The summed E-state index contributed by atoms with van der Waals surface area (Å²) in [6.07, 6.45) is 1.36. The van der Waals surface area contributed by atoms with Crippen LogP contribution in [0.5, 0.6) is 11.5 Å². The van der Waals surface area contributed by atoms with E-state index in [4.69, 9.17) is 32.7 Å². The monoisotopic (exact) mass is 524 g/mol. The maximum Gasteiger partial charge on any atom is 0.335 e. The zero-order valence-electron chi connectivity index (χ0n) is 19.7. The molecule has 0 aromatic heterocycles. The minimum atomic E-state index is -0.810. The number of barbiturate groups is 1. The number of amides is 4. The van der Waals surface area contributed by atoms with Gasteiger partial charge in [-0.3, -0.25) is 14.9 Å². The summed E-state index contributed by atoms with van der Waals surface area (Å²) in [5, 5.41) is 2.99. The van der Waals surface area contributed by atoms with E-state index in [9.17, 15) is 14.4 Å². The van der Waals surface area contributed by atoms with Gasteiger partial charge in [0.2, 0.25) is 0 Å². The van der Waals surface area contributed by atoms with Gasteiger partial charge in [-0.25, -0.2) is 9.69 Å². The Morgan fingerprint density at radius 2 is 1.72 bits per heavy atom. The molecule has 0 bridgehead atoms. The van der Waals surface area contributed by atoms with Gasteiger partial charge in [-0.1, -0.05) is 53.5 Å². The van der Waals surface area contributed by atoms with Crippen LogP contribution in [0.15, 0.2) is 60.2 Å². The fourth-order valence-corrected chi connectivity index (χ4v) is 4.20. The molecule has 0 spiro atoms. The van der Waals surface area contributed by atoms with Crippen LogP contribution in [0.25, 0.3) is 6.08 Å². The molecule has 0 atom stereocenters. The minimum absolute atomic E-state index is 0.157. The smallest absolute Gasteiger partial charge is 0.335 e. The zero-order chi connectivity index (χ0) is 26.0. The van der Waals surface area contributed by atoms with Crippen LogP contribution in [-0.4, -0.2) is 25.0 Å². The molecule has 0 saturated carbocycles. The number of hydrogen-bond acceptors (Lipinski definition) is 5. The Bertz CT molecular complexity index is 1420. The van der Waals surface area contributed by atoms with Crippen molar-refractivity contribution in [3.63, 3.8) is 0 Å². The molecule has 1 fully saturated rings. The molecule has 0 radical (unpaired) electrons. The Labute approximate surface area is 218 Å². The van der Waals surface area contributed by atoms with E-state index >= 15 is 0 Å². The lowest BCUT2D eigenvalue weighted by Crippen LogP contribution is -2.54. The van der Waals surface area contributed by atoms with Crippen LogP contribution >= 0.6 is 23.2 Å². The molecule has 1 N–H and O–H groups in total. The lowest BCUT2D eigenvalue weighted by Gasteiger charge is -2.27. The van der Waals surface area contributed by atoms with Crippen molar-refractivity contribution < 1.29 is 23.9 Å². The minimum Gasteiger partial charge on any atom is -0.493 e. The molecule has 9 heteroatoms. The largest absolute Gasteiger partial charge is 0.493 e. The fraction of sp³-hybridized carbons (Fsp3) is 0.148. The molecule has 1 saturated heterocycles. The lowest BCUT2D eigenvalue weighted by atomic mass is 10.0. The van der Waals surface area contributed by atoms with E-state index in [2.05, 4.69) is 5.32 Å². The van der Waals surface area contributed by atoms with Crippen LogP contribution in [0.4, 0.5) is 10.5 Å². The number of halogens is 2. The van der Waals surface area contributed by atoms with Crippen LogP contribution in [0.3, 0.4) is 0 Å². The predicted molar refractivity (Wildman–Crippen MR) is 139 cm³/mol. The maximum absolute atomic E-state index is 13.3. The molecule has 36 heavy (non-hydrogen) atoms. The lowest BCUT2D eigenvalue weighted by molar-refractivity contribution is -0.122. The molecule has 0 unspecified atom stereocenters. The number of imide groups is 2. The van der Waals surface area contributed by atoms with Crippen LogP contribution in [0.1, 0.15) is 22.3 Å². The first-order chi connectivity index (χ1) is 17.2. The van der Waals surface area contributed by atoms with Gasteiger partial charge < -0.3 is 9.47 Å². The van der Waals surface area contributed by atoms with Crippen molar-refractivity contribution in [2.24, 2.45) is 0 Å². The van der Waals surface area contributed by atoms with E-state index in [1.165, 1.54) is 19.3 Å². The number of carbonyl (C=O) groups excluding carboxylic acids is 3. The number of nitrogens with one attached hydrogen (secondary N) is 1. The number of aryl methyl sites for hydroxylation is 2. The van der Waals surface area contributed by atoms with Gasteiger partial charge in [0, 0.05) is 10.6 Å². The van der Waals surface area contributed by atoms with Gasteiger partial charge in [0.05, 0.1) is 17.8 Å². The highest BCUT2D eigenvalue weighted by Gasteiger charge is 2.37. The highest BCUT2D eigenvalue weighted by atomic mass is 35.5. The van der Waals surface area contributed by atoms with Crippen molar-refractivity contribution in [1.82, 2.24) is 5.32 Å². The number of carbonyl (C=O) groups is 3. The van der Waals surface area contributed by atoms with Gasteiger partial charge in [-0.15, -0.1) is 0 Å². The van der Waals surface area contributed by atoms with Crippen LogP contribution in [0, 0.1) is 13.8 Å². The van der Waals surface area contributed by atoms with Gasteiger partial charge in [-0.2, -0.15) is 0 Å². The first-order valence-electron chi connectivity index (χ1n) is 10.9. The summed E-state index contributed by atoms with van der Waals surface area (Å²) in [5.41, 5.74) is 2.93. The van der Waals surface area contributed by atoms with Gasteiger partial charge >= 0.3 is 6.03 Å². The van der Waals surface area contributed by atoms with Crippen LogP contribution < -0.4 is 19.7 Å². The second-order valence-corrected chi connectivity index (χ2v) is 8.98. The highest BCUT2D eigenvalue weighted by Crippen LogP contribution is 2.38. The van der Waals surface area contributed by atoms with E-state index in [-0.39, 0.29) is 23.0 Å². The zero-order valence-corrected chi connectivity index (χ0v) is 21.2. The summed E-state index contributed by atoms with van der Waals surface area (Å²) in [7, 11) is 1.45. The Balaban J connectivity index is 1.67. The number of ether oxygens (including phenoxy) is 2. The number of rotatable bonds is 6. The Kier molecular flexibility index (Phi) is 7.33. The maximum atomic E-state index is 13.3. The van der Waals surface area contributed by atoms with Crippen LogP contribution in [-0.2, 0) is 16.2 Å². The van der Waals surface area contributed by atoms with E-state index in [0.717, 1.165) is 16.0 Å². The Hall–Kier alpha value is -3.81. The third-order valence-corrected chi connectivity index (χ3v) is 6.25. The molecule has 0 aliphatic carbocycles. The molecule has 4 rings (SSSR count). The van der Waals surface area contributed by atoms with E-state index in [0.29, 0.717) is 27.6 Å². The Morgan fingerprint density at radius 3 is 2.44 bits per heavy atom. The van der Waals surface area contributed by atoms with E-state index < -0.39 is 17.8 Å². The number of nitrogens with zero attached hydrogens (tertiary/aromatic N) is 1. The SMILES string of the molecule is COc1cc(/C=C2\C(=O)NC(=O)N(c3cc(C)ccc3C)C2=O)cc(Cl)c1OCc1ccccc1Cl. The molecule has 3 aromatic carbocycles. The molecular formula is C27H22Cl2N2O5. The third-order valence-electron chi connectivity index (χ3n) is 5.60. The van der Waals surface area contributed by atoms with Crippen LogP contribution in [0.2, 0.25) is 10.0 Å². The second kappa shape index (κ2) is 10.4. The topological polar surface area (TPSA) is 84.9 Å². The summed E-state index contributed by atoms with van der Waals surface area (Å²) in [6.45, 7) is 3.78. The van der Waals surface area contributed by atoms with Gasteiger partial charge in [0.25, 0.3) is 11.8 Å². The molecule has 3 aromatic rings. The fourth-order valence-electron chi connectivity index (χ4n) is 3.73. The van der Waals surface area contributed by atoms with Crippen molar-refractivity contribution in [1.29, 1.82) is 0 Å². The molecule has 1 heterocycles.